The van der Waals surface area contributed by atoms with Crippen LogP contribution in [-0.2, 0) is 0 Å². The third-order valence-electron chi connectivity index (χ3n) is 13.9. The lowest BCUT2D eigenvalue weighted by molar-refractivity contribution is 0.669. The topological polar surface area (TPSA) is 48.8 Å². The number of benzene rings is 10. The van der Waals surface area contributed by atoms with Gasteiger partial charge in [-0.15, -0.1) is 11.3 Å². The van der Waals surface area contributed by atoms with Gasteiger partial charge in [-0.1, -0.05) is 152 Å². The average Bonchev–Trinajstić information content (AvgIpc) is 4.17. The second-order valence-electron chi connectivity index (χ2n) is 17.7. The predicted molar refractivity (Wildman–Crippen MR) is 285 cm³/mol. The summed E-state index contributed by atoms with van der Waals surface area (Å²) in [6.07, 6.45) is 0. The summed E-state index contributed by atoms with van der Waals surface area (Å²) in [5.74, 6) is 0.649. The molecular weight excluding hydrogens is 849 g/mol. The number of thiophene rings is 1. The van der Waals surface area contributed by atoms with Crippen molar-refractivity contribution in [1.29, 1.82) is 0 Å². The molecule has 0 unspecified atom stereocenters. The van der Waals surface area contributed by atoms with E-state index in [1.807, 2.05) is 12.1 Å². The molecule has 0 saturated carbocycles. The van der Waals surface area contributed by atoms with E-state index in [-0.39, 0.29) is 0 Å². The Kier molecular flexibility index (Phi) is 7.88. The molecule has 0 amide bonds. The Hall–Kier alpha value is -8.84. The van der Waals surface area contributed by atoms with Crippen LogP contribution < -0.4 is 0 Å². The lowest BCUT2D eigenvalue weighted by Gasteiger charge is -2.11. The highest BCUT2D eigenvalue weighted by molar-refractivity contribution is 7.22. The molecule has 15 rings (SSSR count). The van der Waals surface area contributed by atoms with E-state index in [1.54, 1.807) is 11.3 Å². The Bertz CT molecular complexity index is 4560. The summed E-state index contributed by atoms with van der Waals surface area (Å²) in [7, 11) is 0. The molecule has 0 aliphatic rings. The molecule has 0 atom stereocenters. The molecule has 0 saturated heterocycles. The van der Waals surface area contributed by atoms with Crippen LogP contribution in [0.1, 0.15) is 0 Å². The summed E-state index contributed by atoms with van der Waals surface area (Å²) in [5, 5.41) is 11.8. The van der Waals surface area contributed by atoms with Gasteiger partial charge >= 0.3 is 0 Å². The summed E-state index contributed by atoms with van der Waals surface area (Å²) in [5.41, 5.74) is 13.7. The van der Waals surface area contributed by atoms with Crippen molar-refractivity contribution in [1.82, 2.24) is 19.1 Å². The number of nitrogens with zero attached hydrogens (tertiary/aromatic N) is 4. The molecule has 0 radical (unpaired) electrons. The van der Waals surface area contributed by atoms with Crippen LogP contribution in [0.15, 0.2) is 223 Å². The lowest BCUT2D eigenvalue weighted by Crippen LogP contribution is -2.02. The van der Waals surface area contributed by atoms with Crippen LogP contribution in [0.2, 0.25) is 0 Å². The maximum absolute atomic E-state index is 6.30. The number of rotatable bonds is 5. The first-order chi connectivity index (χ1) is 33.7. The Morgan fingerprint density at radius 1 is 0.382 bits per heavy atom. The molecule has 5 nitrogen and oxygen atoms in total. The van der Waals surface area contributed by atoms with Crippen LogP contribution in [0.5, 0.6) is 0 Å². The van der Waals surface area contributed by atoms with Crippen molar-refractivity contribution in [2.75, 3.05) is 0 Å². The highest BCUT2D eigenvalue weighted by Gasteiger charge is 2.23. The summed E-state index contributed by atoms with van der Waals surface area (Å²) in [6.45, 7) is 0. The Balaban J connectivity index is 1.000. The van der Waals surface area contributed by atoms with E-state index in [0.29, 0.717) is 5.95 Å². The number of fused-ring (bicyclic) bond motifs is 13. The Morgan fingerprint density at radius 2 is 1.07 bits per heavy atom. The average molecular weight is 885 g/mol. The summed E-state index contributed by atoms with van der Waals surface area (Å²) < 4.78 is 12.1. The van der Waals surface area contributed by atoms with E-state index in [4.69, 9.17) is 14.4 Å². The number of hydrogen-bond acceptors (Lipinski definition) is 4. The van der Waals surface area contributed by atoms with Crippen molar-refractivity contribution < 1.29 is 4.42 Å². The molecule has 0 aliphatic heterocycles. The van der Waals surface area contributed by atoms with E-state index in [1.165, 1.54) is 48.3 Å². The number of aromatic nitrogens is 4. The summed E-state index contributed by atoms with van der Waals surface area (Å²) >= 11 is 1.75. The summed E-state index contributed by atoms with van der Waals surface area (Å²) in [6, 6.07) is 78.6. The third kappa shape index (κ3) is 5.49. The maximum atomic E-state index is 6.30. The molecule has 0 spiro atoms. The van der Waals surface area contributed by atoms with Crippen LogP contribution in [0.3, 0.4) is 0 Å². The van der Waals surface area contributed by atoms with Gasteiger partial charge in [-0.3, -0.25) is 4.57 Å². The van der Waals surface area contributed by atoms with E-state index in [2.05, 4.69) is 215 Å². The van der Waals surface area contributed by atoms with Gasteiger partial charge in [0, 0.05) is 48.4 Å². The normalized spacial score (nSPS) is 12.1. The third-order valence-corrected chi connectivity index (χ3v) is 15.1. The van der Waals surface area contributed by atoms with Gasteiger partial charge < -0.3 is 8.98 Å². The minimum Gasteiger partial charge on any atom is -0.456 e. The molecular formula is C62H36N4OS. The first-order valence-electron chi connectivity index (χ1n) is 23.0. The van der Waals surface area contributed by atoms with Gasteiger partial charge in [0.1, 0.15) is 11.2 Å². The number of furan rings is 1. The van der Waals surface area contributed by atoms with Crippen LogP contribution in [-0.4, -0.2) is 19.1 Å². The molecule has 0 aliphatic carbocycles. The van der Waals surface area contributed by atoms with E-state index < -0.39 is 0 Å². The highest BCUT2D eigenvalue weighted by Crippen LogP contribution is 2.45. The fourth-order valence-electron chi connectivity index (χ4n) is 10.8. The molecule has 5 aromatic heterocycles. The predicted octanol–water partition coefficient (Wildman–Crippen LogP) is 17.1. The van der Waals surface area contributed by atoms with E-state index >= 15 is 0 Å². The SMILES string of the molecule is c1ccc(-c2cc3nc(-n4c5ccc(-c6cccc7c6c6c8ccccc8ccc6n7-c6ccc7oc8ccccc8c7c6)cc5c5cc6ccccc6cc54)nc(-c4ccccc4)c3s2)cc1. The monoisotopic (exact) mass is 884 g/mol. The van der Waals surface area contributed by atoms with E-state index in [0.717, 1.165) is 87.5 Å². The van der Waals surface area contributed by atoms with Gasteiger partial charge in [-0.05, 0) is 105 Å². The first-order valence-corrected chi connectivity index (χ1v) is 23.8. The maximum Gasteiger partial charge on any atom is 0.235 e. The number of hydrogen-bond donors (Lipinski definition) is 0. The quantitative estimate of drug-likeness (QED) is 0.173. The smallest absolute Gasteiger partial charge is 0.235 e. The molecule has 316 valence electrons. The number of para-hydroxylation sites is 1. The van der Waals surface area contributed by atoms with Crippen LogP contribution in [0.4, 0.5) is 0 Å². The fraction of sp³-hybridized carbons (Fsp3) is 0. The van der Waals surface area contributed by atoms with Crippen molar-refractivity contribution in [3.05, 3.63) is 218 Å². The molecule has 0 fully saturated rings. The van der Waals surface area contributed by atoms with E-state index in [9.17, 15) is 0 Å². The van der Waals surface area contributed by atoms with Crippen molar-refractivity contribution in [2.45, 2.75) is 0 Å². The van der Waals surface area contributed by atoms with Gasteiger partial charge in [0.15, 0.2) is 0 Å². The minimum absolute atomic E-state index is 0.649. The van der Waals surface area contributed by atoms with Gasteiger partial charge in [0.05, 0.1) is 38.0 Å². The van der Waals surface area contributed by atoms with Crippen molar-refractivity contribution in [2.24, 2.45) is 0 Å². The Morgan fingerprint density at radius 3 is 1.93 bits per heavy atom. The molecule has 68 heavy (non-hydrogen) atoms. The molecule has 6 heteroatoms. The molecule has 0 bridgehead atoms. The molecule has 15 aromatic rings. The summed E-state index contributed by atoms with van der Waals surface area (Å²) in [4.78, 5) is 12.1. The van der Waals surface area contributed by atoms with Gasteiger partial charge in [0.25, 0.3) is 0 Å². The van der Waals surface area contributed by atoms with Crippen molar-refractivity contribution >= 4 is 109 Å². The lowest BCUT2D eigenvalue weighted by atomic mass is 9.95. The van der Waals surface area contributed by atoms with Crippen molar-refractivity contribution in [3.63, 3.8) is 0 Å². The van der Waals surface area contributed by atoms with Gasteiger partial charge in [-0.25, -0.2) is 9.97 Å². The first kappa shape index (κ1) is 37.4. The zero-order chi connectivity index (χ0) is 44.5. The molecule has 5 heterocycles. The second-order valence-corrected chi connectivity index (χ2v) is 18.8. The van der Waals surface area contributed by atoms with Gasteiger partial charge in [0.2, 0.25) is 5.95 Å². The van der Waals surface area contributed by atoms with Crippen LogP contribution in [0.25, 0.3) is 142 Å². The standard InChI is InChI=1S/C62H36N4OS/c1-3-15-38(16-4-1)57-36-50-61(68-57)60(39-17-5-2-6-18-39)64-62(63-50)66-51-29-27-42(33-47(51)48-32-40-19-7-8-20-41(40)34-54(48)66)45-23-13-24-52-59(45)58-44-21-10-9-14-37(44)26-30-53(58)65(52)43-28-31-56-49(35-43)46-22-11-12-25-55(46)67-56/h1-36H. The van der Waals surface area contributed by atoms with Crippen molar-refractivity contribution in [3.8, 4) is 44.5 Å². The zero-order valence-corrected chi connectivity index (χ0v) is 37.2. The minimum atomic E-state index is 0.649. The Labute approximate surface area is 393 Å². The van der Waals surface area contributed by atoms with Crippen LogP contribution >= 0.6 is 11.3 Å². The largest absolute Gasteiger partial charge is 0.456 e. The van der Waals surface area contributed by atoms with Gasteiger partial charge in [-0.2, -0.15) is 0 Å². The highest BCUT2D eigenvalue weighted by atomic mass is 32.1. The molecule has 0 N–H and O–H groups in total. The fourth-order valence-corrected chi connectivity index (χ4v) is 12.0. The van der Waals surface area contributed by atoms with Crippen LogP contribution in [0, 0.1) is 0 Å². The zero-order valence-electron chi connectivity index (χ0n) is 36.4. The molecule has 10 aromatic carbocycles. The second kappa shape index (κ2) is 14.3.